The molecule has 16 heavy (non-hydrogen) atoms. The van der Waals surface area contributed by atoms with Gasteiger partial charge in [-0.15, -0.1) is 5.10 Å². The van der Waals surface area contributed by atoms with Gasteiger partial charge >= 0.3 is 0 Å². The zero-order valence-corrected chi connectivity index (χ0v) is 9.75. The van der Waals surface area contributed by atoms with E-state index < -0.39 is 0 Å². The molecule has 86 valence electrons. The Morgan fingerprint density at radius 2 is 2.19 bits per heavy atom. The Labute approximate surface area is 94.1 Å². The Bertz CT molecular complexity index is 481. The van der Waals surface area contributed by atoms with E-state index in [2.05, 4.69) is 29.3 Å². The van der Waals surface area contributed by atoms with Gasteiger partial charge in [0.15, 0.2) is 5.82 Å². The van der Waals surface area contributed by atoms with Gasteiger partial charge in [-0.2, -0.15) is 5.10 Å². The smallest absolute Gasteiger partial charge is 0.169 e. The molecule has 2 heterocycles. The van der Waals surface area contributed by atoms with Crippen LogP contribution in [0.3, 0.4) is 0 Å². The highest BCUT2D eigenvalue weighted by Crippen LogP contribution is 2.19. The number of nitrogens with zero attached hydrogens (tertiary/aromatic N) is 5. The largest absolute Gasteiger partial charge is 0.381 e. The zero-order valence-electron chi connectivity index (χ0n) is 9.75. The van der Waals surface area contributed by atoms with Crippen molar-refractivity contribution in [2.45, 2.75) is 26.3 Å². The lowest BCUT2D eigenvalue weighted by Crippen LogP contribution is -2.08. The Kier molecular flexibility index (Phi) is 2.64. The Balaban J connectivity index is 2.28. The van der Waals surface area contributed by atoms with Crippen molar-refractivity contribution >= 4 is 5.82 Å². The lowest BCUT2D eigenvalue weighted by Gasteiger charge is -2.08. The number of nitrogens with two attached hydrogens (primary N) is 1. The van der Waals surface area contributed by atoms with Crippen molar-refractivity contribution in [3.8, 4) is 0 Å². The summed E-state index contributed by atoms with van der Waals surface area (Å²) in [6, 6.07) is 0. The van der Waals surface area contributed by atoms with Crippen molar-refractivity contribution in [2.24, 2.45) is 7.05 Å². The monoisotopic (exact) mass is 220 g/mol. The van der Waals surface area contributed by atoms with Gasteiger partial charge in [0.05, 0.1) is 18.4 Å². The van der Waals surface area contributed by atoms with E-state index >= 15 is 0 Å². The van der Waals surface area contributed by atoms with E-state index in [4.69, 9.17) is 5.73 Å². The maximum absolute atomic E-state index is 5.79. The molecule has 0 fully saturated rings. The molecule has 0 unspecified atom stereocenters. The van der Waals surface area contributed by atoms with Crippen molar-refractivity contribution < 1.29 is 0 Å². The van der Waals surface area contributed by atoms with E-state index in [-0.39, 0.29) is 0 Å². The second-order valence-electron chi connectivity index (χ2n) is 4.19. The summed E-state index contributed by atoms with van der Waals surface area (Å²) >= 11 is 0. The molecular formula is C10H16N6. The van der Waals surface area contributed by atoms with E-state index in [1.54, 1.807) is 4.68 Å². The van der Waals surface area contributed by atoms with E-state index in [9.17, 15) is 0 Å². The van der Waals surface area contributed by atoms with Crippen LogP contribution in [0.4, 0.5) is 5.82 Å². The van der Waals surface area contributed by atoms with Gasteiger partial charge in [0, 0.05) is 18.8 Å². The van der Waals surface area contributed by atoms with Crippen LogP contribution in [-0.2, 0) is 13.6 Å². The molecule has 0 amide bonds. The molecule has 6 heteroatoms. The number of anilines is 1. The van der Waals surface area contributed by atoms with Crippen molar-refractivity contribution in [3.05, 3.63) is 23.7 Å². The van der Waals surface area contributed by atoms with Crippen LogP contribution >= 0.6 is 0 Å². The molecule has 0 aliphatic rings. The summed E-state index contributed by atoms with van der Waals surface area (Å²) in [4.78, 5) is 0. The minimum Gasteiger partial charge on any atom is -0.381 e. The van der Waals surface area contributed by atoms with Crippen LogP contribution < -0.4 is 5.73 Å². The van der Waals surface area contributed by atoms with E-state index in [1.807, 2.05) is 24.1 Å². The molecule has 0 radical (unpaired) electrons. The fourth-order valence-electron chi connectivity index (χ4n) is 1.77. The van der Waals surface area contributed by atoms with Crippen LogP contribution in [0.5, 0.6) is 0 Å². The summed E-state index contributed by atoms with van der Waals surface area (Å²) in [5.74, 6) is 0.825. The van der Waals surface area contributed by atoms with Crippen LogP contribution in [0.1, 0.15) is 31.0 Å². The molecule has 0 aliphatic heterocycles. The van der Waals surface area contributed by atoms with Crippen molar-refractivity contribution in [1.29, 1.82) is 0 Å². The molecule has 2 aromatic heterocycles. The summed E-state index contributed by atoms with van der Waals surface area (Å²) < 4.78 is 3.60. The third-order valence-electron chi connectivity index (χ3n) is 2.44. The fourth-order valence-corrected chi connectivity index (χ4v) is 1.77. The number of nitrogen functional groups attached to an aromatic ring is 1. The molecule has 0 atom stereocenters. The average Bonchev–Trinajstić information content (AvgIpc) is 2.74. The van der Waals surface area contributed by atoms with Crippen molar-refractivity contribution in [2.75, 3.05) is 5.73 Å². The Morgan fingerprint density at radius 3 is 2.75 bits per heavy atom. The molecule has 2 rings (SSSR count). The van der Waals surface area contributed by atoms with Gasteiger partial charge in [-0.05, 0) is 5.92 Å². The minimum atomic E-state index is 0.312. The predicted molar refractivity (Wildman–Crippen MR) is 60.8 cm³/mol. The first-order valence-corrected chi connectivity index (χ1v) is 5.24. The van der Waals surface area contributed by atoms with E-state index in [1.165, 1.54) is 0 Å². The number of rotatable bonds is 3. The van der Waals surface area contributed by atoms with Gasteiger partial charge in [0.25, 0.3) is 0 Å². The predicted octanol–water partition coefficient (Wildman–Crippen LogP) is 0.765. The average molecular weight is 220 g/mol. The maximum Gasteiger partial charge on any atom is 0.169 e. The fraction of sp³-hybridized carbons (Fsp3) is 0.500. The highest BCUT2D eigenvalue weighted by Gasteiger charge is 2.14. The molecule has 2 N–H and O–H groups in total. The summed E-state index contributed by atoms with van der Waals surface area (Å²) in [6.45, 7) is 4.81. The van der Waals surface area contributed by atoms with E-state index in [0.717, 1.165) is 11.3 Å². The Hall–Kier alpha value is -1.85. The first-order chi connectivity index (χ1) is 7.58. The zero-order chi connectivity index (χ0) is 11.7. The summed E-state index contributed by atoms with van der Waals surface area (Å²) in [5, 5.41) is 12.1. The molecule has 0 spiro atoms. The SMILES string of the molecule is CC(C)c1c(N)nnn1Cc1cnn(C)c1. The van der Waals surface area contributed by atoms with Crippen LogP contribution in [0, 0.1) is 0 Å². The quantitative estimate of drug-likeness (QED) is 0.828. The van der Waals surface area contributed by atoms with Gasteiger partial charge in [0.2, 0.25) is 0 Å². The summed E-state index contributed by atoms with van der Waals surface area (Å²) in [6.07, 6.45) is 3.78. The van der Waals surface area contributed by atoms with Gasteiger partial charge < -0.3 is 5.73 Å². The third kappa shape index (κ3) is 1.91. The highest BCUT2D eigenvalue weighted by molar-refractivity contribution is 5.35. The van der Waals surface area contributed by atoms with Gasteiger partial charge in [-0.25, -0.2) is 4.68 Å². The molecule has 0 bridgehead atoms. The molecule has 6 nitrogen and oxygen atoms in total. The molecule has 0 aliphatic carbocycles. The third-order valence-corrected chi connectivity index (χ3v) is 2.44. The standard InChI is InChI=1S/C10H16N6/c1-7(2)9-10(11)13-14-16(9)6-8-4-12-15(3)5-8/h4-5,7H,6,11H2,1-3H3. The minimum absolute atomic E-state index is 0.312. The number of hydrogen-bond donors (Lipinski definition) is 1. The van der Waals surface area contributed by atoms with Gasteiger partial charge in [-0.3, -0.25) is 4.68 Å². The van der Waals surface area contributed by atoms with Crippen LogP contribution in [-0.4, -0.2) is 24.8 Å². The van der Waals surface area contributed by atoms with Gasteiger partial charge in [0.1, 0.15) is 0 Å². The lowest BCUT2D eigenvalue weighted by molar-refractivity contribution is 0.597. The number of aryl methyl sites for hydroxylation is 1. The van der Waals surface area contributed by atoms with E-state index in [0.29, 0.717) is 18.3 Å². The molecule has 0 saturated heterocycles. The van der Waals surface area contributed by atoms with Gasteiger partial charge in [-0.1, -0.05) is 19.1 Å². The van der Waals surface area contributed by atoms with Crippen LogP contribution in [0.15, 0.2) is 12.4 Å². The summed E-state index contributed by atoms with van der Waals surface area (Å²) in [7, 11) is 1.89. The summed E-state index contributed by atoms with van der Waals surface area (Å²) in [5.41, 5.74) is 7.85. The molecule has 2 aromatic rings. The second-order valence-corrected chi connectivity index (χ2v) is 4.19. The lowest BCUT2D eigenvalue weighted by atomic mass is 10.1. The maximum atomic E-state index is 5.79. The van der Waals surface area contributed by atoms with Crippen LogP contribution in [0.25, 0.3) is 0 Å². The molecule has 0 aromatic carbocycles. The van der Waals surface area contributed by atoms with Crippen LogP contribution in [0.2, 0.25) is 0 Å². The number of hydrogen-bond acceptors (Lipinski definition) is 4. The second kappa shape index (κ2) is 3.96. The van der Waals surface area contributed by atoms with Crippen molar-refractivity contribution in [1.82, 2.24) is 24.8 Å². The van der Waals surface area contributed by atoms with Crippen molar-refractivity contribution in [3.63, 3.8) is 0 Å². The topological polar surface area (TPSA) is 74.6 Å². The number of aromatic nitrogens is 5. The first kappa shape index (κ1) is 10.7. The normalized spacial score (nSPS) is 11.2. The molecular weight excluding hydrogens is 204 g/mol. The highest BCUT2D eigenvalue weighted by atomic mass is 15.4. The molecule has 0 saturated carbocycles. The Morgan fingerprint density at radius 1 is 1.44 bits per heavy atom. The first-order valence-electron chi connectivity index (χ1n) is 5.24.